The van der Waals surface area contributed by atoms with Gasteiger partial charge in [-0.2, -0.15) is 5.26 Å². The van der Waals surface area contributed by atoms with Gasteiger partial charge in [0, 0.05) is 11.1 Å². The molecule has 0 radical (unpaired) electrons. The third-order valence-corrected chi connectivity index (χ3v) is 2.45. The van der Waals surface area contributed by atoms with E-state index in [9.17, 15) is 4.39 Å². The molecule has 0 saturated heterocycles. The molecule has 0 heterocycles. The van der Waals surface area contributed by atoms with Gasteiger partial charge in [-0.1, -0.05) is 6.07 Å². The van der Waals surface area contributed by atoms with Gasteiger partial charge >= 0.3 is 0 Å². The van der Waals surface area contributed by atoms with Crippen molar-refractivity contribution < 1.29 is 4.39 Å². The van der Waals surface area contributed by atoms with Crippen molar-refractivity contribution in [1.82, 2.24) is 0 Å². The highest BCUT2D eigenvalue weighted by atomic mass is 79.9. The average molecular weight is 255 g/mol. The number of hydrogen-bond acceptors (Lipinski definition) is 2. The van der Waals surface area contributed by atoms with Crippen molar-refractivity contribution in [3.63, 3.8) is 0 Å². The van der Waals surface area contributed by atoms with Crippen LogP contribution in [0.25, 0.3) is 5.70 Å². The molecule has 0 aliphatic carbocycles. The maximum atomic E-state index is 13.1. The van der Waals surface area contributed by atoms with Crippen LogP contribution < -0.4 is 5.73 Å². The lowest BCUT2D eigenvalue weighted by atomic mass is 10.1. The van der Waals surface area contributed by atoms with E-state index >= 15 is 0 Å². The summed E-state index contributed by atoms with van der Waals surface area (Å²) in [5.41, 5.74) is 6.85. The Morgan fingerprint density at radius 1 is 1.57 bits per heavy atom. The number of nitrogens with zero attached hydrogens (tertiary/aromatic N) is 1. The van der Waals surface area contributed by atoms with Gasteiger partial charge in [0.05, 0.1) is 16.2 Å². The first kappa shape index (κ1) is 10.7. The Kier molecular flexibility index (Phi) is 3.26. The Labute approximate surface area is 90.0 Å². The van der Waals surface area contributed by atoms with E-state index in [4.69, 9.17) is 11.0 Å². The van der Waals surface area contributed by atoms with E-state index < -0.39 is 5.82 Å². The average Bonchev–Trinajstić information content (AvgIpc) is 2.20. The standard InChI is InChI=1S/C10H8BrFN2/c1-6(5-13)10(14)7-2-3-8(11)9(12)4-7/h2-4H,14H2,1H3/b10-6-. The number of rotatable bonds is 1. The summed E-state index contributed by atoms with van der Waals surface area (Å²) in [6.45, 7) is 1.59. The van der Waals surface area contributed by atoms with E-state index in [1.165, 1.54) is 6.07 Å². The fourth-order valence-electron chi connectivity index (χ4n) is 0.940. The van der Waals surface area contributed by atoms with Crippen LogP contribution in [0.3, 0.4) is 0 Å². The topological polar surface area (TPSA) is 49.8 Å². The highest BCUT2D eigenvalue weighted by Gasteiger charge is 2.04. The molecule has 0 bridgehead atoms. The maximum Gasteiger partial charge on any atom is 0.138 e. The molecule has 1 aromatic carbocycles. The second-order valence-corrected chi connectivity index (χ2v) is 3.63. The van der Waals surface area contributed by atoms with Crippen molar-refractivity contribution in [3.8, 4) is 6.07 Å². The summed E-state index contributed by atoms with van der Waals surface area (Å²) < 4.78 is 13.5. The predicted molar refractivity (Wildman–Crippen MR) is 56.5 cm³/mol. The molecule has 0 aliphatic rings. The third-order valence-electron chi connectivity index (χ3n) is 1.80. The lowest BCUT2D eigenvalue weighted by Gasteiger charge is -2.03. The quantitative estimate of drug-likeness (QED) is 0.784. The Morgan fingerprint density at radius 3 is 2.71 bits per heavy atom. The maximum absolute atomic E-state index is 13.1. The van der Waals surface area contributed by atoms with E-state index in [1.54, 1.807) is 19.1 Å². The molecule has 0 aliphatic heterocycles. The second-order valence-electron chi connectivity index (χ2n) is 2.78. The van der Waals surface area contributed by atoms with Crippen molar-refractivity contribution in [2.24, 2.45) is 5.73 Å². The fourth-order valence-corrected chi connectivity index (χ4v) is 1.19. The van der Waals surface area contributed by atoms with Gasteiger partial charge in [-0.15, -0.1) is 0 Å². The van der Waals surface area contributed by atoms with Crippen LogP contribution in [0.2, 0.25) is 0 Å². The molecule has 4 heteroatoms. The van der Waals surface area contributed by atoms with Crippen molar-refractivity contribution in [1.29, 1.82) is 5.26 Å². The lowest BCUT2D eigenvalue weighted by molar-refractivity contribution is 0.620. The van der Waals surface area contributed by atoms with Crippen LogP contribution in [0.1, 0.15) is 12.5 Å². The summed E-state index contributed by atoms with van der Waals surface area (Å²) in [5, 5.41) is 8.60. The molecule has 14 heavy (non-hydrogen) atoms. The summed E-state index contributed by atoms with van der Waals surface area (Å²) >= 11 is 3.04. The summed E-state index contributed by atoms with van der Waals surface area (Å²) in [6.07, 6.45) is 0. The Morgan fingerprint density at radius 2 is 2.21 bits per heavy atom. The third kappa shape index (κ3) is 2.12. The largest absolute Gasteiger partial charge is 0.397 e. The monoisotopic (exact) mass is 254 g/mol. The van der Waals surface area contributed by atoms with Gasteiger partial charge in [-0.05, 0) is 35.0 Å². The molecule has 0 aromatic heterocycles. The molecular formula is C10H8BrFN2. The first-order valence-corrected chi connectivity index (χ1v) is 4.67. The van der Waals surface area contributed by atoms with Gasteiger partial charge in [-0.25, -0.2) is 4.39 Å². The first-order valence-electron chi connectivity index (χ1n) is 3.88. The molecule has 0 saturated carbocycles. The molecule has 1 aromatic rings. The minimum absolute atomic E-state index is 0.305. The van der Waals surface area contributed by atoms with Crippen LogP contribution >= 0.6 is 15.9 Å². The normalized spacial score (nSPS) is 11.9. The van der Waals surface area contributed by atoms with Crippen molar-refractivity contribution in [2.45, 2.75) is 6.92 Å². The summed E-state index contributed by atoms with van der Waals surface area (Å²) in [5.74, 6) is -0.392. The minimum atomic E-state index is -0.392. The lowest BCUT2D eigenvalue weighted by Crippen LogP contribution is -1.99. The van der Waals surface area contributed by atoms with E-state index in [0.717, 1.165) is 0 Å². The zero-order valence-corrected chi connectivity index (χ0v) is 9.10. The molecule has 72 valence electrons. The van der Waals surface area contributed by atoms with Crippen LogP contribution in [0, 0.1) is 17.1 Å². The Hall–Kier alpha value is -1.34. The molecule has 2 N–H and O–H groups in total. The van der Waals surface area contributed by atoms with Crippen LogP contribution in [0.15, 0.2) is 28.2 Å². The van der Waals surface area contributed by atoms with Gasteiger partial charge in [0.1, 0.15) is 5.82 Å². The van der Waals surface area contributed by atoms with E-state index in [-0.39, 0.29) is 0 Å². The van der Waals surface area contributed by atoms with Gasteiger partial charge in [0.25, 0.3) is 0 Å². The molecule has 0 spiro atoms. The van der Waals surface area contributed by atoms with Gasteiger partial charge < -0.3 is 5.73 Å². The van der Waals surface area contributed by atoms with Crippen LogP contribution in [0.5, 0.6) is 0 Å². The van der Waals surface area contributed by atoms with Gasteiger partial charge in [0.15, 0.2) is 0 Å². The highest BCUT2D eigenvalue weighted by Crippen LogP contribution is 2.20. The number of nitriles is 1. The summed E-state index contributed by atoms with van der Waals surface area (Å²) in [6, 6.07) is 6.42. The highest BCUT2D eigenvalue weighted by molar-refractivity contribution is 9.10. The molecule has 0 unspecified atom stereocenters. The number of hydrogen-bond donors (Lipinski definition) is 1. The minimum Gasteiger partial charge on any atom is -0.397 e. The molecule has 0 atom stereocenters. The van der Waals surface area contributed by atoms with Crippen molar-refractivity contribution in [3.05, 3.63) is 39.6 Å². The molecule has 0 amide bonds. The van der Waals surface area contributed by atoms with Crippen LogP contribution in [-0.2, 0) is 0 Å². The van der Waals surface area contributed by atoms with Crippen LogP contribution in [-0.4, -0.2) is 0 Å². The van der Waals surface area contributed by atoms with Crippen LogP contribution in [0.4, 0.5) is 4.39 Å². The summed E-state index contributed by atoms with van der Waals surface area (Å²) in [4.78, 5) is 0. The van der Waals surface area contributed by atoms with E-state index in [1.807, 2.05) is 6.07 Å². The second kappa shape index (κ2) is 4.25. The zero-order chi connectivity index (χ0) is 10.7. The van der Waals surface area contributed by atoms with Crippen molar-refractivity contribution in [2.75, 3.05) is 0 Å². The number of nitrogens with two attached hydrogens (primary N) is 1. The SMILES string of the molecule is C/C(C#N)=C(/N)c1ccc(Br)c(F)c1. The number of benzene rings is 1. The molecule has 1 rings (SSSR count). The first-order chi connectivity index (χ1) is 6.56. The number of allylic oxidation sites excluding steroid dienone is 1. The Bertz CT molecular complexity index is 432. The number of halogens is 2. The molecule has 0 fully saturated rings. The van der Waals surface area contributed by atoms with Gasteiger partial charge in [-0.3, -0.25) is 0 Å². The predicted octanol–water partition coefficient (Wildman–Crippen LogP) is 2.80. The molecule has 2 nitrogen and oxygen atoms in total. The Balaban J connectivity index is 3.24. The molecular weight excluding hydrogens is 247 g/mol. The van der Waals surface area contributed by atoms with E-state index in [0.29, 0.717) is 21.3 Å². The van der Waals surface area contributed by atoms with E-state index in [2.05, 4.69) is 15.9 Å². The van der Waals surface area contributed by atoms with Gasteiger partial charge in [0.2, 0.25) is 0 Å². The zero-order valence-electron chi connectivity index (χ0n) is 7.51. The fraction of sp³-hybridized carbons (Fsp3) is 0.100. The summed E-state index contributed by atoms with van der Waals surface area (Å²) in [7, 11) is 0. The van der Waals surface area contributed by atoms with Crippen molar-refractivity contribution >= 4 is 21.6 Å². The smallest absolute Gasteiger partial charge is 0.138 e.